The van der Waals surface area contributed by atoms with Crippen LogP contribution in [0.15, 0.2) is 0 Å². The molecule has 252 valence electrons. The van der Waals surface area contributed by atoms with E-state index in [1.807, 2.05) is 20.8 Å². The van der Waals surface area contributed by atoms with E-state index in [9.17, 15) is 4.79 Å². The average Bonchev–Trinajstić information content (AvgIpc) is 2.97. The summed E-state index contributed by atoms with van der Waals surface area (Å²) >= 11 is 0. The lowest BCUT2D eigenvalue weighted by Gasteiger charge is -2.09. The predicted octanol–water partition coefficient (Wildman–Crippen LogP) is 1.92. The zero-order valence-electron chi connectivity index (χ0n) is 26.4. The van der Waals surface area contributed by atoms with Gasteiger partial charge in [0.25, 0.3) is 0 Å². The number of carbonyl (C=O) groups excluding carboxylic acids is 1. The second kappa shape index (κ2) is 36.2. The first-order valence-electron chi connectivity index (χ1n) is 15.2. The Labute approximate surface area is 252 Å². The van der Waals surface area contributed by atoms with E-state index in [1.165, 1.54) is 0 Å². The molecule has 13 nitrogen and oxygen atoms in total. The van der Waals surface area contributed by atoms with Gasteiger partial charge in [-0.25, -0.2) is 0 Å². The van der Waals surface area contributed by atoms with Gasteiger partial charge in [0.05, 0.1) is 145 Å². The third-order valence-electron chi connectivity index (χ3n) is 4.97. The Morgan fingerprint density at radius 2 is 0.643 bits per heavy atom. The zero-order valence-corrected chi connectivity index (χ0v) is 26.4. The van der Waals surface area contributed by atoms with Crippen LogP contribution in [-0.2, 0) is 61.6 Å². The minimum atomic E-state index is -0.187. The van der Waals surface area contributed by atoms with Gasteiger partial charge in [-0.3, -0.25) is 4.79 Å². The van der Waals surface area contributed by atoms with Gasteiger partial charge in [-0.05, 0) is 20.3 Å². The summed E-state index contributed by atoms with van der Waals surface area (Å²) in [6.45, 7) is 16.9. The molecule has 0 bridgehead atoms. The van der Waals surface area contributed by atoms with E-state index >= 15 is 0 Å². The Hall–Kier alpha value is -0.970. The van der Waals surface area contributed by atoms with Crippen molar-refractivity contribution in [2.45, 2.75) is 39.7 Å². The largest absolute Gasteiger partial charge is 0.463 e. The number of hydrogen-bond donors (Lipinski definition) is 0. The molecule has 0 spiro atoms. The van der Waals surface area contributed by atoms with Gasteiger partial charge in [-0.1, -0.05) is 6.92 Å². The molecule has 0 heterocycles. The van der Waals surface area contributed by atoms with Gasteiger partial charge in [-0.2, -0.15) is 0 Å². The lowest BCUT2D eigenvalue weighted by atomic mass is 10.3. The van der Waals surface area contributed by atoms with Crippen LogP contribution in [0.1, 0.15) is 33.6 Å². The summed E-state index contributed by atoms with van der Waals surface area (Å²) in [6, 6.07) is 0. The Kier molecular flexibility index (Phi) is 35.4. The summed E-state index contributed by atoms with van der Waals surface area (Å²) in [5.41, 5.74) is 0. The van der Waals surface area contributed by atoms with Crippen molar-refractivity contribution in [2.24, 2.45) is 0 Å². The van der Waals surface area contributed by atoms with E-state index in [0.717, 1.165) is 6.42 Å². The third kappa shape index (κ3) is 37.1. The molecule has 0 aromatic heterocycles. The second-order valence-corrected chi connectivity index (χ2v) is 9.01. The summed E-state index contributed by atoms with van der Waals surface area (Å²) in [4.78, 5) is 11.2. The molecular formula is C29H58O13. The van der Waals surface area contributed by atoms with Crippen molar-refractivity contribution in [3.8, 4) is 0 Å². The molecule has 0 aliphatic carbocycles. The van der Waals surface area contributed by atoms with Crippen molar-refractivity contribution < 1.29 is 61.6 Å². The highest BCUT2D eigenvalue weighted by Gasteiger charge is 2.00. The molecule has 0 saturated carbocycles. The lowest BCUT2D eigenvalue weighted by Crippen LogP contribution is -2.15. The van der Waals surface area contributed by atoms with Crippen LogP contribution in [0.25, 0.3) is 0 Å². The molecule has 0 fully saturated rings. The number of rotatable bonds is 36. The molecule has 0 unspecified atom stereocenters. The van der Waals surface area contributed by atoms with Crippen LogP contribution >= 0.6 is 0 Å². The molecule has 0 amide bonds. The van der Waals surface area contributed by atoms with Crippen molar-refractivity contribution in [2.75, 3.05) is 145 Å². The highest BCUT2D eigenvalue weighted by molar-refractivity contribution is 5.69. The Morgan fingerprint density at radius 1 is 0.405 bits per heavy atom. The van der Waals surface area contributed by atoms with Gasteiger partial charge in [0, 0.05) is 6.42 Å². The van der Waals surface area contributed by atoms with Crippen LogP contribution in [0.3, 0.4) is 0 Å². The van der Waals surface area contributed by atoms with Gasteiger partial charge in [0.2, 0.25) is 0 Å². The summed E-state index contributed by atoms with van der Waals surface area (Å²) in [6.07, 6.45) is 1.46. The van der Waals surface area contributed by atoms with E-state index in [1.54, 1.807) is 0 Å². The second-order valence-electron chi connectivity index (χ2n) is 9.01. The Balaban J connectivity index is 3.06. The van der Waals surface area contributed by atoms with Crippen molar-refractivity contribution in [3.63, 3.8) is 0 Å². The maximum atomic E-state index is 11.2. The van der Waals surface area contributed by atoms with Crippen LogP contribution in [0.4, 0.5) is 0 Å². The van der Waals surface area contributed by atoms with Crippen molar-refractivity contribution in [3.05, 3.63) is 0 Å². The van der Waals surface area contributed by atoms with Gasteiger partial charge >= 0.3 is 5.97 Å². The third-order valence-corrected chi connectivity index (χ3v) is 4.97. The molecule has 0 aromatic carbocycles. The topological polar surface area (TPSA) is 128 Å². The molecule has 0 aromatic rings. The summed E-state index contributed by atoms with van der Waals surface area (Å²) in [7, 11) is 0. The number of hydrogen-bond acceptors (Lipinski definition) is 13. The fraction of sp³-hybridized carbons (Fsp3) is 0.966. The highest BCUT2D eigenvalue weighted by Crippen LogP contribution is 1.92. The van der Waals surface area contributed by atoms with E-state index in [0.29, 0.717) is 145 Å². The summed E-state index contributed by atoms with van der Waals surface area (Å²) in [5, 5.41) is 0. The van der Waals surface area contributed by atoms with Gasteiger partial charge in [0.1, 0.15) is 6.61 Å². The van der Waals surface area contributed by atoms with Gasteiger partial charge in [-0.15, -0.1) is 0 Å². The number of ether oxygens (including phenoxy) is 12. The predicted molar refractivity (Wildman–Crippen MR) is 155 cm³/mol. The number of carbonyl (C=O) groups is 1. The fourth-order valence-corrected chi connectivity index (χ4v) is 2.91. The SMILES string of the molecule is CCCC(=O)OCCOCCOCCOCCOCCOCCOCCOCCOCCOCCOCCOC(C)C. The van der Waals surface area contributed by atoms with E-state index in [4.69, 9.17) is 56.8 Å². The van der Waals surface area contributed by atoms with Crippen LogP contribution in [0, 0.1) is 0 Å². The maximum Gasteiger partial charge on any atom is 0.305 e. The molecule has 0 rings (SSSR count). The summed E-state index contributed by atoms with van der Waals surface area (Å²) < 4.78 is 64.7. The van der Waals surface area contributed by atoms with Crippen LogP contribution in [0.5, 0.6) is 0 Å². The molecule has 13 heteroatoms. The quantitative estimate of drug-likeness (QED) is 0.0754. The standard InChI is InChI=1S/C29H58O13/c1-4-5-29(30)42-27-25-40-23-21-38-19-17-36-15-13-34-11-9-32-7-6-31-8-10-33-12-14-35-16-18-37-20-22-39-24-26-41-28(2)3/h28H,4-27H2,1-3H3. The Morgan fingerprint density at radius 3 is 0.881 bits per heavy atom. The zero-order chi connectivity index (χ0) is 30.6. The number of esters is 1. The molecule has 0 aliphatic rings. The Bertz CT molecular complexity index is 526. The van der Waals surface area contributed by atoms with Crippen molar-refractivity contribution >= 4 is 5.97 Å². The molecular weight excluding hydrogens is 556 g/mol. The smallest absolute Gasteiger partial charge is 0.305 e. The highest BCUT2D eigenvalue weighted by atomic mass is 16.6. The minimum absolute atomic E-state index is 0.187. The van der Waals surface area contributed by atoms with Crippen LogP contribution in [-0.4, -0.2) is 157 Å². The first-order chi connectivity index (χ1) is 20.7. The first kappa shape index (κ1) is 41.0. The normalized spacial score (nSPS) is 11.5. The molecule has 0 radical (unpaired) electrons. The molecule has 0 atom stereocenters. The van der Waals surface area contributed by atoms with Gasteiger partial charge in [0.15, 0.2) is 0 Å². The fourth-order valence-electron chi connectivity index (χ4n) is 2.91. The van der Waals surface area contributed by atoms with Crippen LogP contribution in [0.2, 0.25) is 0 Å². The maximum absolute atomic E-state index is 11.2. The van der Waals surface area contributed by atoms with Crippen LogP contribution < -0.4 is 0 Å². The average molecular weight is 615 g/mol. The van der Waals surface area contributed by atoms with Gasteiger partial charge < -0.3 is 56.8 Å². The molecule has 0 saturated heterocycles. The first-order valence-corrected chi connectivity index (χ1v) is 15.2. The molecule has 42 heavy (non-hydrogen) atoms. The summed E-state index contributed by atoms with van der Waals surface area (Å²) in [5.74, 6) is -0.187. The van der Waals surface area contributed by atoms with Crippen molar-refractivity contribution in [1.29, 1.82) is 0 Å². The molecule has 0 aliphatic heterocycles. The molecule has 0 N–H and O–H groups in total. The minimum Gasteiger partial charge on any atom is -0.463 e. The van der Waals surface area contributed by atoms with E-state index < -0.39 is 0 Å². The van der Waals surface area contributed by atoms with Crippen molar-refractivity contribution in [1.82, 2.24) is 0 Å². The lowest BCUT2D eigenvalue weighted by molar-refractivity contribution is -0.145. The van der Waals surface area contributed by atoms with E-state index in [-0.39, 0.29) is 18.7 Å². The monoisotopic (exact) mass is 614 g/mol. The van der Waals surface area contributed by atoms with E-state index in [2.05, 4.69) is 0 Å².